The van der Waals surface area contributed by atoms with E-state index in [-0.39, 0.29) is 37.2 Å². The molecule has 0 unspecified atom stereocenters. The third-order valence-corrected chi connectivity index (χ3v) is 10.2. The molecule has 6 rings (SSSR count). The van der Waals surface area contributed by atoms with E-state index in [1.807, 2.05) is 48.5 Å². The maximum absolute atomic E-state index is 12.4. The van der Waals surface area contributed by atoms with Crippen molar-refractivity contribution in [3.05, 3.63) is 143 Å². The Bertz CT molecular complexity index is 1980. The molecule has 4 atom stereocenters. The number of nitrogens with one attached hydrogen (secondary N) is 1. The molecule has 1 saturated heterocycles. The zero-order valence-electron chi connectivity index (χ0n) is 30.6. The largest absolute Gasteiger partial charge is 0.481 e. The summed E-state index contributed by atoms with van der Waals surface area (Å²) in [6.45, 7) is 3.36. The molecule has 0 bridgehead atoms. The summed E-state index contributed by atoms with van der Waals surface area (Å²) in [5, 5.41) is 23.9. The smallest absolute Gasteiger partial charge is 0.303 e. The molecule has 5 aromatic rings. The number of fused-ring (bicyclic) bond motifs is 1. The lowest BCUT2D eigenvalue weighted by Crippen LogP contribution is -2.38. The first-order chi connectivity index (χ1) is 25.7. The van der Waals surface area contributed by atoms with Crippen molar-refractivity contribution in [2.24, 2.45) is 0 Å². The number of ether oxygens (including phenoxy) is 2. The van der Waals surface area contributed by atoms with E-state index in [1.165, 1.54) is 16.3 Å². The van der Waals surface area contributed by atoms with Crippen molar-refractivity contribution in [2.75, 3.05) is 13.6 Å². The van der Waals surface area contributed by atoms with E-state index < -0.39 is 12.3 Å². The monoisotopic (exact) mass is 714 g/mol. The van der Waals surface area contributed by atoms with Crippen LogP contribution in [0.1, 0.15) is 91.7 Å². The molecule has 0 spiro atoms. The first kappa shape index (κ1) is 37.9. The van der Waals surface area contributed by atoms with Crippen molar-refractivity contribution < 1.29 is 29.3 Å². The van der Waals surface area contributed by atoms with Crippen LogP contribution in [0.2, 0.25) is 0 Å². The molecule has 8 nitrogen and oxygen atoms in total. The van der Waals surface area contributed by atoms with Gasteiger partial charge in [-0.1, -0.05) is 103 Å². The van der Waals surface area contributed by atoms with Crippen LogP contribution in [0.25, 0.3) is 21.9 Å². The van der Waals surface area contributed by atoms with Crippen molar-refractivity contribution in [1.82, 2.24) is 10.2 Å². The first-order valence-electron chi connectivity index (χ1n) is 18.6. The van der Waals surface area contributed by atoms with E-state index in [2.05, 4.69) is 90.9 Å². The second-order valence-electron chi connectivity index (χ2n) is 14.1. The molecule has 1 aliphatic rings. The summed E-state index contributed by atoms with van der Waals surface area (Å²) in [4.78, 5) is 25.5. The summed E-state index contributed by atoms with van der Waals surface area (Å²) in [5.41, 5.74) is 7.14. The van der Waals surface area contributed by atoms with Crippen LogP contribution in [0.15, 0.2) is 115 Å². The van der Waals surface area contributed by atoms with Crippen molar-refractivity contribution in [1.29, 1.82) is 0 Å². The maximum Gasteiger partial charge on any atom is 0.303 e. The van der Waals surface area contributed by atoms with Gasteiger partial charge in [-0.25, -0.2) is 0 Å². The number of nitrogens with zero attached hydrogens (tertiary/aromatic N) is 1. The fourth-order valence-corrected chi connectivity index (χ4v) is 6.99. The summed E-state index contributed by atoms with van der Waals surface area (Å²) in [5.74, 6) is -0.838. The lowest BCUT2D eigenvalue weighted by Gasteiger charge is -2.39. The Kier molecular flexibility index (Phi) is 13.0. The predicted molar refractivity (Wildman–Crippen MR) is 208 cm³/mol. The molecule has 1 heterocycles. The topological polar surface area (TPSA) is 108 Å². The number of amides is 1. The zero-order valence-corrected chi connectivity index (χ0v) is 30.6. The molecule has 3 N–H and O–H groups in total. The van der Waals surface area contributed by atoms with Crippen LogP contribution >= 0.6 is 0 Å². The number of aliphatic hydroxyl groups excluding tert-OH is 1. The molecule has 276 valence electrons. The minimum atomic E-state index is -0.803. The molecule has 1 fully saturated rings. The Hall–Kier alpha value is -4.86. The highest BCUT2D eigenvalue weighted by Gasteiger charge is 2.33. The molecule has 0 aliphatic carbocycles. The molecule has 0 radical (unpaired) electrons. The first-order valence-corrected chi connectivity index (χ1v) is 18.6. The highest BCUT2D eigenvalue weighted by atomic mass is 16.7. The van der Waals surface area contributed by atoms with Gasteiger partial charge in [-0.05, 0) is 89.2 Å². The standard InChI is InChI=1S/C45H50N2O6/c1-31(36-23-22-34-11-6-7-12-38(34)25-36)47(2)29-41-27-42(35-20-18-32(30-48)19-21-35)53-45(52-41)40-15-9-14-39(26-40)37-13-8-10-33(24-37)28-46-43(49)16-4-3-5-17-44(50)51/h6-15,18-26,31,41-42,45,48H,3-5,16-17,27-30H2,1-2H3,(H,46,49)(H,50,51)/t31-,41-,42+,45+/m1/s1. The number of carboxylic acid groups (broad SMARTS) is 1. The summed E-state index contributed by atoms with van der Waals surface area (Å²) in [6.07, 6.45) is 2.32. The van der Waals surface area contributed by atoms with Gasteiger partial charge < -0.3 is 25.0 Å². The highest BCUT2D eigenvalue weighted by Crippen LogP contribution is 2.39. The van der Waals surface area contributed by atoms with Gasteiger partial charge in [0.25, 0.3) is 0 Å². The van der Waals surface area contributed by atoms with Crippen molar-refractivity contribution >= 4 is 22.6 Å². The van der Waals surface area contributed by atoms with Gasteiger partial charge in [0.05, 0.1) is 18.8 Å². The van der Waals surface area contributed by atoms with Gasteiger partial charge in [0.2, 0.25) is 5.91 Å². The van der Waals surface area contributed by atoms with Crippen LogP contribution in [0.3, 0.4) is 0 Å². The minimum absolute atomic E-state index is 0.00579. The molecular formula is C45H50N2O6. The molecule has 5 aromatic carbocycles. The molecule has 1 aliphatic heterocycles. The molecule has 8 heteroatoms. The van der Waals surface area contributed by atoms with Gasteiger partial charge in [-0.3, -0.25) is 14.5 Å². The normalized spacial score (nSPS) is 17.8. The number of aliphatic hydroxyl groups is 1. The highest BCUT2D eigenvalue weighted by molar-refractivity contribution is 5.83. The Labute approximate surface area is 312 Å². The lowest BCUT2D eigenvalue weighted by molar-refractivity contribution is -0.253. The summed E-state index contributed by atoms with van der Waals surface area (Å²) < 4.78 is 13.5. The average molecular weight is 715 g/mol. The number of aliphatic carboxylic acids is 1. The average Bonchev–Trinajstić information content (AvgIpc) is 3.19. The van der Waals surface area contributed by atoms with Crippen molar-refractivity contribution in [3.63, 3.8) is 0 Å². The molecular weight excluding hydrogens is 665 g/mol. The lowest BCUT2D eigenvalue weighted by atomic mass is 9.97. The summed E-state index contributed by atoms with van der Waals surface area (Å²) >= 11 is 0. The number of rotatable bonds is 16. The van der Waals surface area contributed by atoms with Crippen LogP contribution < -0.4 is 5.32 Å². The van der Waals surface area contributed by atoms with E-state index in [4.69, 9.17) is 14.6 Å². The third-order valence-electron chi connectivity index (χ3n) is 10.2. The second-order valence-corrected chi connectivity index (χ2v) is 14.1. The van der Waals surface area contributed by atoms with Gasteiger partial charge in [0.15, 0.2) is 6.29 Å². The Morgan fingerprint density at radius 3 is 2.28 bits per heavy atom. The van der Waals surface area contributed by atoms with Gasteiger partial charge in [0.1, 0.15) is 0 Å². The van der Waals surface area contributed by atoms with Gasteiger partial charge in [0, 0.05) is 44.0 Å². The van der Waals surface area contributed by atoms with E-state index in [1.54, 1.807) is 0 Å². The number of hydrogen-bond acceptors (Lipinski definition) is 6. The maximum atomic E-state index is 12.4. The van der Waals surface area contributed by atoms with E-state index >= 15 is 0 Å². The van der Waals surface area contributed by atoms with Gasteiger partial charge in [-0.15, -0.1) is 0 Å². The molecule has 1 amide bonds. The Morgan fingerprint density at radius 1 is 0.774 bits per heavy atom. The summed E-state index contributed by atoms with van der Waals surface area (Å²) in [7, 11) is 2.15. The van der Waals surface area contributed by atoms with Gasteiger partial charge >= 0.3 is 5.97 Å². The Morgan fingerprint density at radius 2 is 1.51 bits per heavy atom. The van der Waals surface area contributed by atoms with E-state index in [9.17, 15) is 14.7 Å². The number of carbonyl (C=O) groups excluding carboxylic acids is 1. The Balaban J connectivity index is 1.15. The zero-order chi connectivity index (χ0) is 37.2. The van der Waals surface area contributed by atoms with Crippen LogP contribution in [-0.4, -0.2) is 46.7 Å². The number of likely N-dealkylation sites (N-methyl/N-ethyl adjacent to an activating group) is 1. The molecule has 0 saturated carbocycles. The number of unbranched alkanes of at least 4 members (excludes halogenated alkanes) is 2. The summed E-state index contributed by atoms with van der Waals surface area (Å²) in [6, 6.07) is 39.7. The molecule has 0 aromatic heterocycles. The SMILES string of the molecule is C[C@H](c1ccc2ccccc2c1)N(C)C[C@H]1C[C@@H](c2ccc(CO)cc2)O[C@@H](c2cccc(-c3cccc(CNC(=O)CCCCCC(=O)O)c3)c2)O1. The molecule has 53 heavy (non-hydrogen) atoms. The fourth-order valence-electron chi connectivity index (χ4n) is 6.99. The quantitative estimate of drug-likeness (QED) is 0.0877. The van der Waals surface area contributed by atoms with Crippen molar-refractivity contribution in [2.45, 2.75) is 83.1 Å². The third kappa shape index (κ3) is 10.4. The van der Waals surface area contributed by atoms with Crippen molar-refractivity contribution in [3.8, 4) is 11.1 Å². The number of carbonyl (C=O) groups is 2. The van der Waals surface area contributed by atoms with E-state index in [0.717, 1.165) is 46.3 Å². The van der Waals surface area contributed by atoms with Crippen LogP contribution in [0.5, 0.6) is 0 Å². The van der Waals surface area contributed by atoms with Crippen LogP contribution in [-0.2, 0) is 32.2 Å². The fraction of sp³-hybridized carbons (Fsp3) is 0.333. The predicted octanol–water partition coefficient (Wildman–Crippen LogP) is 8.89. The number of carboxylic acids is 1. The van der Waals surface area contributed by atoms with E-state index in [0.29, 0.717) is 32.2 Å². The van der Waals surface area contributed by atoms with Crippen LogP contribution in [0.4, 0.5) is 0 Å². The van der Waals surface area contributed by atoms with Crippen LogP contribution in [0, 0.1) is 0 Å². The number of benzene rings is 5. The minimum Gasteiger partial charge on any atom is -0.481 e. The van der Waals surface area contributed by atoms with Gasteiger partial charge in [-0.2, -0.15) is 0 Å². The number of hydrogen-bond donors (Lipinski definition) is 3. The second kappa shape index (κ2) is 18.3.